The zero-order valence-electron chi connectivity index (χ0n) is 16.6. The van der Waals surface area contributed by atoms with Gasteiger partial charge in [0.15, 0.2) is 11.5 Å². The summed E-state index contributed by atoms with van der Waals surface area (Å²) in [5.74, 6) is 0.958. The quantitative estimate of drug-likeness (QED) is 0.802. The van der Waals surface area contributed by atoms with E-state index in [2.05, 4.69) is 0 Å². The summed E-state index contributed by atoms with van der Waals surface area (Å²) >= 11 is 0. The number of carbonyl (C=O) groups excluding carboxylic acids is 1. The van der Waals surface area contributed by atoms with Gasteiger partial charge in [0.05, 0.1) is 20.1 Å². The van der Waals surface area contributed by atoms with Crippen LogP contribution in [0.15, 0.2) is 18.2 Å². The normalized spacial score (nSPS) is 23.1. The van der Waals surface area contributed by atoms with Crippen molar-refractivity contribution in [2.75, 3.05) is 27.3 Å². The number of piperidine rings is 1. The van der Waals surface area contributed by atoms with E-state index in [-0.39, 0.29) is 23.8 Å². The SMILES string of the molecule is COc1cccc(OC)c1OC1CCN(C(=O)C2CCC(C(=O)O)CC2)CC1. The van der Waals surface area contributed by atoms with Crippen LogP contribution in [0.1, 0.15) is 38.5 Å². The highest BCUT2D eigenvalue weighted by atomic mass is 16.5. The first-order chi connectivity index (χ1) is 13.5. The molecular weight excluding hydrogens is 362 g/mol. The molecule has 0 aromatic heterocycles. The second-order valence-electron chi connectivity index (χ2n) is 7.52. The molecule has 0 spiro atoms. The number of hydrogen-bond acceptors (Lipinski definition) is 5. The van der Waals surface area contributed by atoms with Crippen molar-refractivity contribution in [2.24, 2.45) is 11.8 Å². The molecule has 1 heterocycles. The van der Waals surface area contributed by atoms with E-state index in [0.29, 0.717) is 56.0 Å². The van der Waals surface area contributed by atoms with E-state index in [1.807, 2.05) is 23.1 Å². The summed E-state index contributed by atoms with van der Waals surface area (Å²) < 4.78 is 16.9. The van der Waals surface area contributed by atoms with Crippen LogP contribution in [0.2, 0.25) is 0 Å². The Kier molecular flexibility index (Phi) is 6.65. The van der Waals surface area contributed by atoms with Gasteiger partial charge in [0, 0.05) is 31.8 Å². The fourth-order valence-electron chi connectivity index (χ4n) is 4.14. The number of ether oxygens (including phenoxy) is 3. The van der Waals surface area contributed by atoms with Gasteiger partial charge in [0.25, 0.3) is 0 Å². The smallest absolute Gasteiger partial charge is 0.306 e. The van der Waals surface area contributed by atoms with Crippen molar-refractivity contribution in [2.45, 2.75) is 44.6 Å². The minimum Gasteiger partial charge on any atom is -0.493 e. The van der Waals surface area contributed by atoms with Crippen LogP contribution in [-0.4, -0.2) is 55.3 Å². The van der Waals surface area contributed by atoms with Crippen LogP contribution in [0.4, 0.5) is 0 Å². The Bertz CT molecular complexity index is 668. The first-order valence-corrected chi connectivity index (χ1v) is 9.92. The van der Waals surface area contributed by atoms with Crippen LogP contribution in [-0.2, 0) is 9.59 Å². The summed E-state index contributed by atoms with van der Waals surface area (Å²) in [7, 11) is 3.20. The van der Waals surface area contributed by atoms with Crippen molar-refractivity contribution < 1.29 is 28.9 Å². The minimum absolute atomic E-state index is 0.00278. The van der Waals surface area contributed by atoms with E-state index in [9.17, 15) is 9.59 Å². The van der Waals surface area contributed by atoms with Gasteiger partial charge >= 0.3 is 5.97 Å². The number of carboxylic acid groups (broad SMARTS) is 1. The van der Waals surface area contributed by atoms with Gasteiger partial charge in [-0.25, -0.2) is 0 Å². The van der Waals surface area contributed by atoms with Gasteiger partial charge in [-0.1, -0.05) is 6.07 Å². The Morgan fingerprint density at radius 1 is 0.929 bits per heavy atom. The molecule has 1 aliphatic carbocycles. The molecule has 7 heteroatoms. The summed E-state index contributed by atoms with van der Waals surface area (Å²) in [4.78, 5) is 25.8. The van der Waals surface area contributed by atoms with Crippen molar-refractivity contribution in [1.29, 1.82) is 0 Å². The number of methoxy groups -OCH3 is 2. The Hall–Kier alpha value is -2.44. The van der Waals surface area contributed by atoms with Crippen LogP contribution < -0.4 is 14.2 Å². The molecule has 1 amide bonds. The topological polar surface area (TPSA) is 85.3 Å². The summed E-state index contributed by atoms with van der Waals surface area (Å²) in [6, 6.07) is 5.53. The van der Waals surface area contributed by atoms with Crippen molar-refractivity contribution in [3.8, 4) is 17.2 Å². The van der Waals surface area contributed by atoms with E-state index in [0.717, 1.165) is 12.8 Å². The molecular formula is C21H29NO6. The van der Waals surface area contributed by atoms with Gasteiger partial charge in [-0.3, -0.25) is 9.59 Å². The van der Waals surface area contributed by atoms with E-state index in [4.69, 9.17) is 19.3 Å². The lowest BCUT2D eigenvalue weighted by molar-refractivity contribution is -0.146. The molecule has 1 aromatic carbocycles. The number of rotatable bonds is 6. The van der Waals surface area contributed by atoms with Crippen LogP contribution in [0.25, 0.3) is 0 Å². The van der Waals surface area contributed by atoms with Crippen LogP contribution in [0.5, 0.6) is 17.2 Å². The highest BCUT2D eigenvalue weighted by Crippen LogP contribution is 2.38. The van der Waals surface area contributed by atoms with Gasteiger partial charge in [-0.05, 0) is 37.8 Å². The third-order valence-electron chi connectivity index (χ3n) is 5.85. The van der Waals surface area contributed by atoms with E-state index < -0.39 is 5.97 Å². The third-order valence-corrected chi connectivity index (χ3v) is 5.85. The van der Waals surface area contributed by atoms with Gasteiger partial charge in [0.1, 0.15) is 6.10 Å². The summed E-state index contributed by atoms with van der Waals surface area (Å²) in [6.07, 6.45) is 4.03. The van der Waals surface area contributed by atoms with Crippen molar-refractivity contribution in [3.63, 3.8) is 0 Å². The average molecular weight is 391 g/mol. The lowest BCUT2D eigenvalue weighted by Crippen LogP contribution is -2.45. The highest BCUT2D eigenvalue weighted by Gasteiger charge is 2.34. The number of hydrogen-bond donors (Lipinski definition) is 1. The molecule has 0 bridgehead atoms. The molecule has 154 valence electrons. The molecule has 3 rings (SSSR count). The number of carboxylic acids is 1. The zero-order valence-corrected chi connectivity index (χ0v) is 16.6. The standard InChI is InChI=1S/C21H29NO6/c1-26-17-4-3-5-18(27-2)19(17)28-16-10-12-22(13-11-16)20(23)14-6-8-15(9-7-14)21(24)25/h3-5,14-16H,6-13H2,1-2H3,(H,24,25). The van der Waals surface area contributed by atoms with E-state index >= 15 is 0 Å². The van der Waals surface area contributed by atoms with Crippen LogP contribution in [0.3, 0.4) is 0 Å². The van der Waals surface area contributed by atoms with E-state index in [1.165, 1.54) is 0 Å². The molecule has 0 unspecified atom stereocenters. The maximum atomic E-state index is 12.8. The second kappa shape index (κ2) is 9.17. The lowest BCUT2D eigenvalue weighted by Gasteiger charge is -2.36. The highest BCUT2D eigenvalue weighted by molar-refractivity contribution is 5.79. The van der Waals surface area contributed by atoms with E-state index in [1.54, 1.807) is 14.2 Å². The average Bonchev–Trinajstić information content (AvgIpc) is 2.74. The molecule has 28 heavy (non-hydrogen) atoms. The molecule has 0 atom stereocenters. The fraction of sp³-hybridized carbons (Fsp3) is 0.619. The minimum atomic E-state index is -0.740. The third kappa shape index (κ3) is 4.51. The van der Waals surface area contributed by atoms with Gasteiger partial charge in [0.2, 0.25) is 11.7 Å². The Morgan fingerprint density at radius 3 is 1.96 bits per heavy atom. The largest absolute Gasteiger partial charge is 0.493 e. The summed E-state index contributed by atoms with van der Waals surface area (Å²) in [5, 5.41) is 9.11. The molecule has 1 aromatic rings. The molecule has 1 saturated heterocycles. The number of para-hydroxylation sites is 1. The van der Waals surface area contributed by atoms with Gasteiger partial charge in [-0.2, -0.15) is 0 Å². The van der Waals surface area contributed by atoms with Crippen molar-refractivity contribution in [1.82, 2.24) is 4.90 Å². The van der Waals surface area contributed by atoms with Gasteiger partial charge < -0.3 is 24.2 Å². The van der Waals surface area contributed by atoms with Gasteiger partial charge in [-0.15, -0.1) is 0 Å². The number of carbonyl (C=O) groups is 2. The molecule has 2 aliphatic rings. The number of amides is 1. The Labute approximate surface area is 165 Å². The first-order valence-electron chi connectivity index (χ1n) is 9.92. The van der Waals surface area contributed by atoms with Crippen LogP contribution >= 0.6 is 0 Å². The number of benzene rings is 1. The maximum Gasteiger partial charge on any atom is 0.306 e. The molecule has 2 fully saturated rings. The number of nitrogens with zero attached hydrogens (tertiary/aromatic N) is 1. The second-order valence-corrected chi connectivity index (χ2v) is 7.52. The lowest BCUT2D eigenvalue weighted by atomic mass is 9.81. The molecule has 1 saturated carbocycles. The Balaban J connectivity index is 1.53. The number of aliphatic carboxylic acids is 1. The predicted molar refractivity (Wildman–Crippen MR) is 103 cm³/mol. The molecule has 0 radical (unpaired) electrons. The van der Waals surface area contributed by atoms with Crippen LogP contribution in [0, 0.1) is 11.8 Å². The zero-order chi connectivity index (χ0) is 20.1. The fourth-order valence-corrected chi connectivity index (χ4v) is 4.14. The molecule has 7 nitrogen and oxygen atoms in total. The summed E-state index contributed by atoms with van der Waals surface area (Å²) in [6.45, 7) is 1.31. The predicted octanol–water partition coefficient (Wildman–Crippen LogP) is 2.96. The molecule has 1 N–H and O–H groups in total. The first kappa shape index (κ1) is 20.3. The molecule has 1 aliphatic heterocycles. The van der Waals surface area contributed by atoms with Crippen molar-refractivity contribution >= 4 is 11.9 Å². The Morgan fingerprint density at radius 2 is 1.46 bits per heavy atom. The summed E-state index contributed by atoms with van der Waals surface area (Å²) in [5.41, 5.74) is 0. The monoisotopic (exact) mass is 391 g/mol. The van der Waals surface area contributed by atoms with Crippen molar-refractivity contribution in [3.05, 3.63) is 18.2 Å². The maximum absolute atomic E-state index is 12.8. The number of likely N-dealkylation sites (tertiary alicyclic amines) is 1.